The van der Waals surface area contributed by atoms with Crippen LogP contribution in [-0.2, 0) is 0 Å². The molecule has 2 aromatic heterocycles. The second-order valence-electron chi connectivity index (χ2n) is 14.1. The van der Waals surface area contributed by atoms with Gasteiger partial charge in [-0.05, 0) is 53.9 Å². The Labute approximate surface area is 299 Å². The first-order chi connectivity index (χ1) is 25.2. The van der Waals surface area contributed by atoms with Crippen LogP contribution in [0, 0.1) is 5.92 Å². The number of allylic oxidation sites excluding steroid dienone is 5. The Hall–Kier alpha value is -5.24. The number of rotatable bonds is 4. The topological polar surface area (TPSA) is 58.5 Å². The normalized spacial score (nSPS) is 25.4. The van der Waals surface area contributed by atoms with Crippen LogP contribution in [0.25, 0.3) is 53.2 Å². The van der Waals surface area contributed by atoms with Crippen molar-refractivity contribution in [1.82, 2.24) is 16.0 Å². The average molecular weight is 682 g/mol. The monoisotopic (exact) mass is 681 g/mol. The van der Waals surface area contributed by atoms with Gasteiger partial charge >= 0.3 is 0 Å². The summed E-state index contributed by atoms with van der Waals surface area (Å²) >= 11 is 1.86. The van der Waals surface area contributed by atoms with E-state index < -0.39 is 0 Å². The van der Waals surface area contributed by atoms with Gasteiger partial charge in [-0.15, -0.1) is 11.3 Å². The van der Waals surface area contributed by atoms with E-state index in [1.54, 1.807) is 0 Å². The van der Waals surface area contributed by atoms with E-state index in [0.717, 1.165) is 45.2 Å². The lowest BCUT2D eigenvalue weighted by Crippen LogP contribution is -2.66. The van der Waals surface area contributed by atoms with E-state index in [9.17, 15) is 0 Å². The maximum Gasteiger partial charge on any atom is 0.136 e. The number of thiophene rings is 1. The van der Waals surface area contributed by atoms with Gasteiger partial charge in [-0.3, -0.25) is 16.0 Å². The molecule has 0 spiro atoms. The minimum Gasteiger partial charge on any atom is -0.484 e. The van der Waals surface area contributed by atoms with Crippen LogP contribution in [-0.4, -0.2) is 18.4 Å². The summed E-state index contributed by atoms with van der Waals surface area (Å²) in [6.07, 6.45) is 16.4. The Morgan fingerprint density at radius 3 is 2.45 bits per heavy atom. The van der Waals surface area contributed by atoms with E-state index >= 15 is 0 Å². The van der Waals surface area contributed by atoms with Crippen molar-refractivity contribution >= 4 is 53.4 Å². The second-order valence-corrected chi connectivity index (χ2v) is 15.1. The first kappa shape index (κ1) is 29.5. The quantitative estimate of drug-likeness (QED) is 0.173. The number of hydrogen-bond acceptors (Lipinski definition) is 6. The van der Waals surface area contributed by atoms with Crippen molar-refractivity contribution in [2.75, 3.05) is 0 Å². The molecule has 51 heavy (non-hydrogen) atoms. The number of ether oxygens (including phenoxy) is 1. The highest BCUT2D eigenvalue weighted by atomic mass is 32.1. The van der Waals surface area contributed by atoms with Gasteiger partial charge in [0.1, 0.15) is 23.0 Å². The standard InChI is InChI=1S/C45H35N3O2S/c1-2-10-26(11-3-1)43-46-44(28-21-23-40-36(24-28)32-13-5-7-19-39(32)51-40)48-45(47-43)35-17-9-16-34-33-15-8-14-29(41(33)50-42(34)35)27-20-22-31-30-12-4-6-18-37(30)49-38(31)25-27/h1-10,12-26,34,42-48H,11H2. The van der Waals surface area contributed by atoms with Gasteiger partial charge in [-0.1, -0.05) is 109 Å². The van der Waals surface area contributed by atoms with Gasteiger partial charge in [-0.25, -0.2) is 0 Å². The van der Waals surface area contributed by atoms with Gasteiger partial charge in [0.2, 0.25) is 0 Å². The van der Waals surface area contributed by atoms with Crippen LogP contribution in [0.4, 0.5) is 0 Å². The van der Waals surface area contributed by atoms with Crippen LogP contribution in [0.3, 0.4) is 0 Å². The molecular formula is C45H35N3O2S. The third-order valence-corrected chi connectivity index (χ3v) is 12.3. The summed E-state index contributed by atoms with van der Waals surface area (Å²) in [7, 11) is 0. The molecule has 5 aromatic carbocycles. The highest BCUT2D eigenvalue weighted by Crippen LogP contribution is 2.49. The van der Waals surface area contributed by atoms with Gasteiger partial charge in [-0.2, -0.15) is 0 Å². The first-order valence-electron chi connectivity index (χ1n) is 17.9. The van der Waals surface area contributed by atoms with Crippen LogP contribution in [0.5, 0.6) is 5.75 Å². The van der Waals surface area contributed by atoms with E-state index in [1.807, 2.05) is 23.5 Å². The summed E-state index contributed by atoms with van der Waals surface area (Å²) in [4.78, 5) is 0. The van der Waals surface area contributed by atoms with Gasteiger partial charge in [0, 0.05) is 59.5 Å². The molecule has 7 aromatic rings. The molecule has 4 heterocycles. The largest absolute Gasteiger partial charge is 0.484 e. The van der Waals surface area contributed by atoms with Crippen molar-refractivity contribution in [1.29, 1.82) is 0 Å². The molecule has 248 valence electrons. The molecule has 2 aliphatic carbocycles. The molecule has 1 saturated heterocycles. The Bertz CT molecular complexity index is 2640. The van der Waals surface area contributed by atoms with Crippen molar-refractivity contribution in [3.63, 3.8) is 0 Å². The van der Waals surface area contributed by atoms with Gasteiger partial charge in [0.05, 0.1) is 18.5 Å². The number of para-hydroxylation sites is 2. The zero-order chi connectivity index (χ0) is 33.5. The van der Waals surface area contributed by atoms with Crippen LogP contribution >= 0.6 is 11.3 Å². The molecule has 6 heteroatoms. The maximum absolute atomic E-state index is 7.08. The van der Waals surface area contributed by atoms with Crippen LogP contribution in [0.2, 0.25) is 0 Å². The van der Waals surface area contributed by atoms with Crippen LogP contribution in [0.15, 0.2) is 156 Å². The van der Waals surface area contributed by atoms with Crippen LogP contribution in [0.1, 0.15) is 29.6 Å². The fourth-order valence-electron chi connectivity index (χ4n) is 8.63. The molecule has 4 aliphatic rings. The zero-order valence-electron chi connectivity index (χ0n) is 27.8. The molecule has 11 rings (SSSR count). The summed E-state index contributed by atoms with van der Waals surface area (Å²) < 4.78 is 16.0. The smallest absolute Gasteiger partial charge is 0.136 e. The molecule has 0 bridgehead atoms. The van der Waals surface area contributed by atoms with E-state index in [-0.39, 0.29) is 30.5 Å². The zero-order valence-corrected chi connectivity index (χ0v) is 28.6. The summed E-state index contributed by atoms with van der Waals surface area (Å²) in [5.41, 5.74) is 7.66. The van der Waals surface area contributed by atoms with Crippen molar-refractivity contribution in [3.8, 4) is 16.9 Å². The lowest BCUT2D eigenvalue weighted by Gasteiger charge is -2.44. The fraction of sp³-hybridized carbons (Fsp3) is 0.156. The average Bonchev–Trinajstić information content (AvgIpc) is 3.88. The number of hydrogen-bond donors (Lipinski definition) is 3. The highest BCUT2D eigenvalue weighted by Gasteiger charge is 2.43. The van der Waals surface area contributed by atoms with Crippen molar-refractivity contribution in [2.45, 2.75) is 36.9 Å². The Morgan fingerprint density at radius 2 is 1.51 bits per heavy atom. The molecule has 0 radical (unpaired) electrons. The molecule has 5 nitrogen and oxygen atoms in total. The van der Waals surface area contributed by atoms with E-state index in [0.29, 0.717) is 5.92 Å². The van der Waals surface area contributed by atoms with E-state index in [4.69, 9.17) is 9.15 Å². The molecule has 0 amide bonds. The molecule has 2 aliphatic heterocycles. The number of nitrogens with one attached hydrogen (secondary N) is 3. The highest BCUT2D eigenvalue weighted by molar-refractivity contribution is 7.25. The van der Waals surface area contributed by atoms with Gasteiger partial charge in [0.15, 0.2) is 0 Å². The molecule has 6 atom stereocenters. The number of benzene rings is 5. The molecule has 6 unspecified atom stereocenters. The third kappa shape index (κ3) is 4.79. The summed E-state index contributed by atoms with van der Waals surface area (Å²) in [6, 6.07) is 37.0. The second kappa shape index (κ2) is 11.7. The fourth-order valence-corrected chi connectivity index (χ4v) is 9.71. The summed E-state index contributed by atoms with van der Waals surface area (Å²) in [5.74, 6) is 1.40. The number of fused-ring (bicyclic) bond motifs is 9. The molecule has 1 fully saturated rings. The lowest BCUT2D eigenvalue weighted by molar-refractivity contribution is 0.162. The lowest BCUT2D eigenvalue weighted by atomic mass is 9.84. The first-order valence-corrected chi connectivity index (χ1v) is 18.7. The van der Waals surface area contributed by atoms with Crippen molar-refractivity contribution in [3.05, 3.63) is 162 Å². The molecular weight excluding hydrogens is 647 g/mol. The SMILES string of the molecule is C1=CCC(C2NC(C3=CC=CC4c5cccc(-c6ccc7c(c6)oc6ccccc67)c5OC34)NC(c3ccc4sc5ccccc5c4c3)N2)C=C1. The number of furan rings is 1. The van der Waals surface area contributed by atoms with E-state index in [2.05, 4.69) is 149 Å². The van der Waals surface area contributed by atoms with Crippen molar-refractivity contribution < 1.29 is 9.15 Å². The molecule has 3 N–H and O–H groups in total. The predicted octanol–water partition coefficient (Wildman–Crippen LogP) is 10.2. The van der Waals surface area contributed by atoms with Gasteiger partial charge < -0.3 is 9.15 Å². The Morgan fingerprint density at radius 1 is 0.647 bits per heavy atom. The summed E-state index contributed by atoms with van der Waals surface area (Å²) in [5, 5.41) is 16.8. The minimum atomic E-state index is -0.129. The minimum absolute atomic E-state index is 0.0521. The third-order valence-electron chi connectivity index (χ3n) is 11.1. The Balaban J connectivity index is 0.945. The Kier molecular flexibility index (Phi) is 6.74. The predicted molar refractivity (Wildman–Crippen MR) is 209 cm³/mol. The van der Waals surface area contributed by atoms with Gasteiger partial charge in [0.25, 0.3) is 0 Å². The molecule has 0 saturated carbocycles. The summed E-state index contributed by atoms with van der Waals surface area (Å²) in [6.45, 7) is 0. The van der Waals surface area contributed by atoms with Crippen molar-refractivity contribution in [2.24, 2.45) is 5.92 Å². The van der Waals surface area contributed by atoms with Crippen LogP contribution < -0.4 is 20.7 Å². The maximum atomic E-state index is 7.08. The van der Waals surface area contributed by atoms with E-state index in [1.165, 1.54) is 36.9 Å².